The Labute approximate surface area is 117 Å². The summed E-state index contributed by atoms with van der Waals surface area (Å²) >= 11 is 0. The van der Waals surface area contributed by atoms with Gasteiger partial charge >= 0.3 is 6.18 Å². The van der Waals surface area contributed by atoms with E-state index in [2.05, 4.69) is 17.2 Å². The summed E-state index contributed by atoms with van der Waals surface area (Å²) in [6.45, 7) is 2.84. The van der Waals surface area contributed by atoms with E-state index < -0.39 is 11.7 Å². The van der Waals surface area contributed by atoms with Crippen molar-refractivity contribution in [3.05, 3.63) is 17.7 Å². The average molecular weight is 287 g/mol. The summed E-state index contributed by atoms with van der Waals surface area (Å²) in [7, 11) is 1.58. The number of aromatic nitrogens is 1. The van der Waals surface area contributed by atoms with Gasteiger partial charge in [-0.25, -0.2) is 4.98 Å². The molecule has 0 amide bonds. The lowest BCUT2D eigenvalue weighted by molar-refractivity contribution is -0.137. The van der Waals surface area contributed by atoms with Crippen LogP contribution in [0.25, 0.3) is 0 Å². The standard InChI is InChI=1S/C14H20F3N3/c1-3-4-7-20(11-5-6-11)13-9-10(14(15,16)17)8-12(18-2)19-13/h8-9,11H,3-7H2,1-2H3,(H,18,19). The Morgan fingerprint density at radius 2 is 2.05 bits per heavy atom. The molecular formula is C14H20F3N3. The maximum absolute atomic E-state index is 12.9. The summed E-state index contributed by atoms with van der Waals surface area (Å²) in [6, 6.07) is 2.56. The van der Waals surface area contributed by atoms with E-state index in [0.29, 0.717) is 11.9 Å². The van der Waals surface area contributed by atoms with Crippen LogP contribution < -0.4 is 10.2 Å². The van der Waals surface area contributed by atoms with Crippen LogP contribution in [0.3, 0.4) is 0 Å². The summed E-state index contributed by atoms with van der Waals surface area (Å²) < 4.78 is 38.8. The van der Waals surface area contributed by atoms with E-state index >= 15 is 0 Å². The molecule has 3 nitrogen and oxygen atoms in total. The molecule has 1 aromatic rings. The minimum absolute atomic E-state index is 0.261. The van der Waals surface area contributed by atoms with E-state index in [0.717, 1.165) is 44.4 Å². The Hall–Kier alpha value is -1.46. The summed E-state index contributed by atoms with van der Waals surface area (Å²) in [5.74, 6) is 0.692. The van der Waals surface area contributed by atoms with Crippen LogP contribution in [0.15, 0.2) is 12.1 Å². The lowest BCUT2D eigenvalue weighted by Gasteiger charge is -2.25. The third kappa shape index (κ3) is 3.55. The van der Waals surface area contributed by atoms with Crippen LogP contribution in [0.2, 0.25) is 0 Å². The first kappa shape index (κ1) is 14.9. The van der Waals surface area contributed by atoms with Gasteiger partial charge in [-0.05, 0) is 31.4 Å². The molecule has 0 aromatic carbocycles. The molecule has 0 aliphatic heterocycles. The van der Waals surface area contributed by atoms with Crippen LogP contribution in [-0.4, -0.2) is 24.6 Å². The predicted molar refractivity (Wildman–Crippen MR) is 74.1 cm³/mol. The minimum Gasteiger partial charge on any atom is -0.373 e. The van der Waals surface area contributed by atoms with Gasteiger partial charge in [0.1, 0.15) is 11.6 Å². The molecule has 112 valence electrons. The van der Waals surface area contributed by atoms with Gasteiger partial charge in [-0.15, -0.1) is 0 Å². The van der Waals surface area contributed by atoms with Gasteiger partial charge < -0.3 is 10.2 Å². The van der Waals surface area contributed by atoms with E-state index in [4.69, 9.17) is 0 Å². The van der Waals surface area contributed by atoms with Crippen molar-refractivity contribution in [3.63, 3.8) is 0 Å². The number of halogens is 3. The summed E-state index contributed by atoms with van der Waals surface area (Å²) in [4.78, 5) is 6.31. The van der Waals surface area contributed by atoms with E-state index in [1.54, 1.807) is 7.05 Å². The van der Waals surface area contributed by atoms with Crippen molar-refractivity contribution >= 4 is 11.6 Å². The molecule has 1 aliphatic rings. The molecule has 1 heterocycles. The zero-order valence-corrected chi connectivity index (χ0v) is 11.8. The molecule has 6 heteroatoms. The summed E-state index contributed by atoms with van der Waals surface area (Å²) in [5, 5.41) is 2.71. The Kier molecular flexibility index (Phi) is 4.40. The topological polar surface area (TPSA) is 28.2 Å². The SMILES string of the molecule is CCCCN(c1cc(C(F)(F)F)cc(NC)n1)C1CC1. The number of hydrogen-bond donors (Lipinski definition) is 1. The molecule has 1 fully saturated rings. The lowest BCUT2D eigenvalue weighted by Crippen LogP contribution is -2.28. The van der Waals surface area contributed by atoms with E-state index in [1.807, 2.05) is 4.90 Å². The molecule has 0 spiro atoms. The van der Waals surface area contributed by atoms with E-state index in [-0.39, 0.29) is 5.82 Å². The van der Waals surface area contributed by atoms with Gasteiger partial charge in [-0.1, -0.05) is 13.3 Å². The molecule has 0 bridgehead atoms. The van der Waals surface area contributed by atoms with Crippen LogP contribution in [0, 0.1) is 0 Å². The smallest absolute Gasteiger partial charge is 0.373 e. The van der Waals surface area contributed by atoms with Crippen molar-refractivity contribution in [2.24, 2.45) is 0 Å². The second-order valence-corrected chi connectivity index (χ2v) is 5.13. The Balaban J connectivity index is 2.32. The van der Waals surface area contributed by atoms with Gasteiger partial charge in [0.05, 0.1) is 5.56 Å². The van der Waals surface area contributed by atoms with Crippen LogP contribution in [-0.2, 0) is 6.18 Å². The number of nitrogens with zero attached hydrogens (tertiary/aromatic N) is 2. The minimum atomic E-state index is -4.34. The van der Waals surface area contributed by atoms with Crippen molar-refractivity contribution in [3.8, 4) is 0 Å². The monoisotopic (exact) mass is 287 g/mol. The zero-order chi connectivity index (χ0) is 14.8. The van der Waals surface area contributed by atoms with Crippen LogP contribution in [0.5, 0.6) is 0 Å². The molecule has 20 heavy (non-hydrogen) atoms. The first-order chi connectivity index (χ1) is 9.45. The highest BCUT2D eigenvalue weighted by atomic mass is 19.4. The first-order valence-electron chi connectivity index (χ1n) is 6.99. The van der Waals surface area contributed by atoms with Crippen LogP contribution >= 0.6 is 0 Å². The van der Waals surface area contributed by atoms with Crippen LogP contribution in [0.1, 0.15) is 38.2 Å². The fraction of sp³-hybridized carbons (Fsp3) is 0.643. The predicted octanol–water partition coefficient (Wildman–Crippen LogP) is 3.91. The number of unbranched alkanes of at least 4 members (excludes halogenated alkanes) is 1. The van der Waals surface area contributed by atoms with Gasteiger partial charge in [-0.3, -0.25) is 0 Å². The van der Waals surface area contributed by atoms with E-state index in [9.17, 15) is 13.2 Å². The normalized spacial score (nSPS) is 15.2. The van der Waals surface area contributed by atoms with Gasteiger partial charge in [0.25, 0.3) is 0 Å². The van der Waals surface area contributed by atoms with Crippen molar-refractivity contribution in [2.75, 3.05) is 23.8 Å². The molecule has 0 saturated heterocycles. The quantitative estimate of drug-likeness (QED) is 0.859. The summed E-state index contributed by atoms with van der Waals surface area (Å²) in [5.41, 5.74) is -0.644. The van der Waals surface area contributed by atoms with E-state index in [1.165, 1.54) is 0 Å². The summed E-state index contributed by atoms with van der Waals surface area (Å²) in [6.07, 6.45) is -0.291. The highest BCUT2D eigenvalue weighted by Gasteiger charge is 2.34. The van der Waals surface area contributed by atoms with Crippen molar-refractivity contribution in [2.45, 2.75) is 44.8 Å². The number of hydrogen-bond acceptors (Lipinski definition) is 3. The maximum atomic E-state index is 12.9. The third-order valence-electron chi connectivity index (χ3n) is 3.43. The molecule has 0 radical (unpaired) electrons. The number of anilines is 2. The first-order valence-corrected chi connectivity index (χ1v) is 6.99. The van der Waals surface area contributed by atoms with Gasteiger partial charge in [0.2, 0.25) is 0 Å². The molecule has 1 N–H and O–H groups in total. The highest BCUT2D eigenvalue weighted by molar-refractivity contribution is 5.52. The Morgan fingerprint density at radius 1 is 1.35 bits per heavy atom. The van der Waals surface area contributed by atoms with Crippen molar-refractivity contribution < 1.29 is 13.2 Å². The largest absolute Gasteiger partial charge is 0.416 e. The maximum Gasteiger partial charge on any atom is 0.416 e. The number of alkyl halides is 3. The second-order valence-electron chi connectivity index (χ2n) is 5.13. The third-order valence-corrected chi connectivity index (χ3v) is 3.43. The van der Waals surface area contributed by atoms with Crippen molar-refractivity contribution in [1.82, 2.24) is 4.98 Å². The molecular weight excluding hydrogens is 267 g/mol. The fourth-order valence-corrected chi connectivity index (χ4v) is 2.15. The highest BCUT2D eigenvalue weighted by Crippen LogP contribution is 2.36. The molecule has 1 saturated carbocycles. The molecule has 0 atom stereocenters. The molecule has 1 aromatic heterocycles. The van der Waals surface area contributed by atoms with Gasteiger partial charge in [-0.2, -0.15) is 13.2 Å². The Bertz CT molecular complexity index is 455. The fourth-order valence-electron chi connectivity index (χ4n) is 2.15. The number of rotatable bonds is 6. The number of pyridine rings is 1. The second kappa shape index (κ2) is 5.89. The molecule has 1 aliphatic carbocycles. The molecule has 2 rings (SSSR count). The Morgan fingerprint density at radius 3 is 2.55 bits per heavy atom. The average Bonchev–Trinajstić information content (AvgIpc) is 3.22. The number of nitrogens with one attached hydrogen (secondary N) is 1. The molecule has 0 unspecified atom stereocenters. The lowest BCUT2D eigenvalue weighted by atomic mass is 10.2. The van der Waals surface area contributed by atoms with Crippen LogP contribution in [0.4, 0.5) is 24.8 Å². The van der Waals surface area contributed by atoms with Gasteiger partial charge in [0, 0.05) is 19.6 Å². The van der Waals surface area contributed by atoms with Gasteiger partial charge in [0.15, 0.2) is 0 Å². The zero-order valence-electron chi connectivity index (χ0n) is 11.8. The van der Waals surface area contributed by atoms with Crippen molar-refractivity contribution in [1.29, 1.82) is 0 Å².